The first kappa shape index (κ1) is 22.3. The van der Waals surface area contributed by atoms with Crippen LogP contribution in [0.4, 0.5) is 5.69 Å². The van der Waals surface area contributed by atoms with Crippen LogP contribution in [0, 0.1) is 5.92 Å². The minimum absolute atomic E-state index is 0.204. The zero-order chi connectivity index (χ0) is 22.2. The molecule has 31 heavy (non-hydrogen) atoms. The van der Waals surface area contributed by atoms with Gasteiger partial charge in [-0.3, -0.25) is 9.59 Å². The lowest BCUT2D eigenvalue weighted by Gasteiger charge is -2.14. The summed E-state index contributed by atoms with van der Waals surface area (Å²) < 4.78 is 5.69. The van der Waals surface area contributed by atoms with Crippen LogP contribution >= 0.6 is 0 Å². The Morgan fingerprint density at radius 1 is 1.00 bits per heavy atom. The SMILES string of the molecule is CCCC(C)CNC(=O)c1ncccc1NC(=O)c1ccc(OCC)c2ccccc12. The molecule has 1 heterocycles. The number of aromatic nitrogens is 1. The summed E-state index contributed by atoms with van der Waals surface area (Å²) in [6.07, 6.45) is 3.65. The molecule has 3 rings (SSSR count). The van der Waals surface area contributed by atoms with Crippen molar-refractivity contribution in [3.8, 4) is 5.75 Å². The molecular weight excluding hydrogens is 390 g/mol. The predicted octanol–water partition coefficient (Wildman–Crippen LogP) is 5.05. The lowest BCUT2D eigenvalue weighted by Crippen LogP contribution is -2.30. The van der Waals surface area contributed by atoms with E-state index in [1.54, 1.807) is 30.5 Å². The van der Waals surface area contributed by atoms with E-state index in [0.717, 1.165) is 29.4 Å². The first-order valence-corrected chi connectivity index (χ1v) is 10.7. The Hall–Kier alpha value is -3.41. The van der Waals surface area contributed by atoms with Gasteiger partial charge < -0.3 is 15.4 Å². The molecule has 0 saturated carbocycles. The number of pyridine rings is 1. The molecular formula is C25H29N3O3. The van der Waals surface area contributed by atoms with Crippen molar-refractivity contribution in [3.05, 3.63) is 66.0 Å². The number of hydrogen-bond donors (Lipinski definition) is 2. The monoisotopic (exact) mass is 419 g/mol. The van der Waals surface area contributed by atoms with E-state index in [0.29, 0.717) is 30.3 Å². The lowest BCUT2D eigenvalue weighted by molar-refractivity contribution is 0.0943. The van der Waals surface area contributed by atoms with Crippen molar-refractivity contribution in [1.29, 1.82) is 0 Å². The highest BCUT2D eigenvalue weighted by atomic mass is 16.5. The Bertz CT molecular complexity index is 1060. The quantitative estimate of drug-likeness (QED) is 0.508. The van der Waals surface area contributed by atoms with Gasteiger partial charge >= 0.3 is 0 Å². The fourth-order valence-electron chi connectivity index (χ4n) is 3.57. The van der Waals surface area contributed by atoms with Gasteiger partial charge in [-0.2, -0.15) is 0 Å². The molecule has 0 fully saturated rings. The highest BCUT2D eigenvalue weighted by Gasteiger charge is 2.18. The van der Waals surface area contributed by atoms with E-state index in [4.69, 9.17) is 4.74 Å². The molecule has 1 aromatic heterocycles. The number of hydrogen-bond acceptors (Lipinski definition) is 4. The zero-order valence-electron chi connectivity index (χ0n) is 18.3. The molecule has 0 aliphatic heterocycles. The zero-order valence-corrected chi connectivity index (χ0v) is 18.3. The maximum atomic E-state index is 13.1. The Morgan fingerprint density at radius 2 is 1.77 bits per heavy atom. The summed E-state index contributed by atoms with van der Waals surface area (Å²) in [6.45, 7) is 7.26. The van der Waals surface area contributed by atoms with E-state index in [-0.39, 0.29) is 17.5 Å². The minimum atomic E-state index is -0.305. The van der Waals surface area contributed by atoms with Gasteiger partial charge in [0.1, 0.15) is 5.75 Å². The molecule has 2 aromatic carbocycles. The summed E-state index contributed by atoms with van der Waals surface area (Å²) in [5.41, 5.74) is 1.09. The number of carbonyl (C=O) groups is 2. The Kier molecular flexibility index (Phi) is 7.60. The fraction of sp³-hybridized carbons (Fsp3) is 0.320. The van der Waals surface area contributed by atoms with Crippen LogP contribution in [0.3, 0.4) is 0 Å². The summed E-state index contributed by atoms with van der Waals surface area (Å²) >= 11 is 0. The molecule has 6 heteroatoms. The number of nitrogens with one attached hydrogen (secondary N) is 2. The Labute approximate surface area is 183 Å². The van der Waals surface area contributed by atoms with E-state index in [1.165, 1.54) is 0 Å². The second kappa shape index (κ2) is 10.6. The van der Waals surface area contributed by atoms with Gasteiger partial charge in [-0.25, -0.2) is 4.98 Å². The highest BCUT2D eigenvalue weighted by Crippen LogP contribution is 2.29. The highest BCUT2D eigenvalue weighted by molar-refractivity contribution is 6.15. The molecule has 6 nitrogen and oxygen atoms in total. The van der Waals surface area contributed by atoms with Gasteiger partial charge in [-0.05, 0) is 48.9 Å². The molecule has 2 amide bonds. The number of anilines is 1. The van der Waals surface area contributed by atoms with Gasteiger partial charge in [-0.15, -0.1) is 0 Å². The maximum Gasteiger partial charge on any atom is 0.272 e. The number of nitrogens with zero attached hydrogens (tertiary/aromatic N) is 1. The lowest BCUT2D eigenvalue weighted by atomic mass is 10.0. The largest absolute Gasteiger partial charge is 0.493 e. The number of rotatable bonds is 9. The van der Waals surface area contributed by atoms with Crippen LogP contribution in [-0.4, -0.2) is 29.9 Å². The van der Waals surface area contributed by atoms with Crippen molar-refractivity contribution in [2.45, 2.75) is 33.6 Å². The van der Waals surface area contributed by atoms with Crippen LogP contribution in [0.5, 0.6) is 5.75 Å². The van der Waals surface area contributed by atoms with E-state index >= 15 is 0 Å². The van der Waals surface area contributed by atoms with Crippen molar-refractivity contribution in [1.82, 2.24) is 10.3 Å². The van der Waals surface area contributed by atoms with Gasteiger partial charge in [-0.1, -0.05) is 44.5 Å². The average molecular weight is 420 g/mol. The molecule has 162 valence electrons. The summed E-state index contributed by atoms with van der Waals surface area (Å²) in [4.78, 5) is 30.0. The smallest absolute Gasteiger partial charge is 0.272 e. The average Bonchev–Trinajstić information content (AvgIpc) is 2.78. The first-order chi connectivity index (χ1) is 15.0. The Morgan fingerprint density at radius 3 is 2.52 bits per heavy atom. The second-order valence-electron chi connectivity index (χ2n) is 7.55. The number of benzene rings is 2. The van der Waals surface area contributed by atoms with Crippen molar-refractivity contribution in [2.75, 3.05) is 18.5 Å². The maximum absolute atomic E-state index is 13.1. The second-order valence-corrected chi connectivity index (χ2v) is 7.55. The first-order valence-electron chi connectivity index (χ1n) is 10.7. The van der Waals surface area contributed by atoms with Crippen LogP contribution in [0.15, 0.2) is 54.7 Å². The van der Waals surface area contributed by atoms with Gasteiger partial charge in [0.25, 0.3) is 11.8 Å². The van der Waals surface area contributed by atoms with Gasteiger partial charge in [0.2, 0.25) is 0 Å². The van der Waals surface area contributed by atoms with Gasteiger partial charge in [0, 0.05) is 23.7 Å². The fourth-order valence-corrected chi connectivity index (χ4v) is 3.57. The summed E-state index contributed by atoms with van der Waals surface area (Å²) in [5, 5.41) is 7.43. The third kappa shape index (κ3) is 5.40. The van der Waals surface area contributed by atoms with Crippen molar-refractivity contribution < 1.29 is 14.3 Å². The van der Waals surface area contributed by atoms with Crippen LogP contribution in [0.25, 0.3) is 10.8 Å². The summed E-state index contributed by atoms with van der Waals surface area (Å²) in [7, 11) is 0. The third-order valence-corrected chi connectivity index (χ3v) is 5.09. The van der Waals surface area contributed by atoms with Crippen molar-refractivity contribution in [2.24, 2.45) is 5.92 Å². The summed E-state index contributed by atoms with van der Waals surface area (Å²) in [6, 6.07) is 14.5. The topological polar surface area (TPSA) is 80.3 Å². The van der Waals surface area contributed by atoms with E-state index in [9.17, 15) is 9.59 Å². The number of amides is 2. The molecule has 3 aromatic rings. The van der Waals surface area contributed by atoms with Crippen LogP contribution in [0.1, 0.15) is 54.5 Å². The van der Waals surface area contributed by atoms with Crippen molar-refractivity contribution in [3.63, 3.8) is 0 Å². The molecule has 0 bridgehead atoms. The van der Waals surface area contributed by atoms with E-state index < -0.39 is 0 Å². The van der Waals surface area contributed by atoms with Gasteiger partial charge in [0.05, 0.1) is 12.3 Å². The van der Waals surface area contributed by atoms with Crippen molar-refractivity contribution >= 4 is 28.3 Å². The van der Waals surface area contributed by atoms with E-state index in [1.807, 2.05) is 31.2 Å². The van der Waals surface area contributed by atoms with Crippen LogP contribution < -0.4 is 15.4 Å². The molecule has 0 spiro atoms. The summed E-state index contributed by atoms with van der Waals surface area (Å²) in [5.74, 6) is 0.513. The molecule has 0 aliphatic rings. The minimum Gasteiger partial charge on any atom is -0.493 e. The predicted molar refractivity (Wildman–Crippen MR) is 124 cm³/mol. The molecule has 0 saturated heterocycles. The molecule has 2 N–H and O–H groups in total. The molecule has 1 unspecified atom stereocenters. The third-order valence-electron chi connectivity index (χ3n) is 5.09. The molecule has 0 aliphatic carbocycles. The number of fused-ring (bicyclic) bond motifs is 1. The standard InChI is InChI=1S/C25H29N3O3/c1-4-9-17(3)16-27-25(30)23-21(12-8-15-26-23)28-24(29)20-13-14-22(31-5-2)19-11-7-6-10-18(19)20/h6-8,10-15,17H,4-5,9,16H2,1-3H3,(H,27,30)(H,28,29). The number of carbonyl (C=O) groups excluding carboxylic acids is 2. The van der Waals surface area contributed by atoms with Gasteiger partial charge in [0.15, 0.2) is 5.69 Å². The molecule has 0 radical (unpaired) electrons. The van der Waals surface area contributed by atoms with Crippen LogP contribution in [0.2, 0.25) is 0 Å². The Balaban J connectivity index is 1.83. The number of ether oxygens (including phenoxy) is 1. The normalized spacial score (nSPS) is 11.7. The van der Waals surface area contributed by atoms with E-state index in [2.05, 4.69) is 29.5 Å². The van der Waals surface area contributed by atoms with Crippen LogP contribution in [-0.2, 0) is 0 Å². The molecule has 1 atom stereocenters.